The Balaban J connectivity index is 1.61. The lowest BCUT2D eigenvalue weighted by Gasteiger charge is -2.36. The molecule has 1 aliphatic heterocycles. The fourth-order valence-electron chi connectivity index (χ4n) is 4.33. The summed E-state index contributed by atoms with van der Waals surface area (Å²) in [5, 5.41) is 1.67. The third-order valence-electron chi connectivity index (χ3n) is 6.05. The number of hydrogen-bond donors (Lipinski definition) is 0. The predicted octanol–water partition coefficient (Wildman–Crippen LogP) is 5.91. The summed E-state index contributed by atoms with van der Waals surface area (Å²) in [6.45, 7) is 2.86. The van der Waals surface area contributed by atoms with E-state index >= 15 is 0 Å². The molecule has 1 saturated heterocycles. The van der Waals surface area contributed by atoms with Crippen molar-refractivity contribution in [2.75, 3.05) is 11.4 Å². The van der Waals surface area contributed by atoms with Crippen molar-refractivity contribution in [1.82, 2.24) is 9.47 Å². The zero-order valence-electron chi connectivity index (χ0n) is 19.0. The second-order valence-electron chi connectivity index (χ2n) is 8.22. The minimum Gasteiger partial charge on any atom is -0.342 e. The van der Waals surface area contributed by atoms with Crippen LogP contribution in [0.15, 0.2) is 90.6 Å². The van der Waals surface area contributed by atoms with Crippen LogP contribution in [-0.4, -0.2) is 32.9 Å². The van der Waals surface area contributed by atoms with Crippen molar-refractivity contribution in [3.8, 4) is 0 Å². The molecular weight excluding hydrogens is 478 g/mol. The molecule has 35 heavy (non-hydrogen) atoms. The van der Waals surface area contributed by atoms with E-state index in [-0.39, 0.29) is 10.7 Å². The van der Waals surface area contributed by atoms with Gasteiger partial charge in [0.1, 0.15) is 5.57 Å². The van der Waals surface area contributed by atoms with Crippen molar-refractivity contribution in [2.45, 2.75) is 13.5 Å². The normalized spacial score (nSPS) is 15.5. The molecule has 0 bridgehead atoms. The molecule has 0 spiro atoms. The zero-order chi connectivity index (χ0) is 24.5. The fraction of sp³-hybridized carbons (Fsp3) is 0.107. The monoisotopic (exact) mass is 499 g/mol. The average Bonchev–Trinajstić information content (AvgIpc) is 3.21. The molecule has 0 saturated carbocycles. The highest BCUT2D eigenvalue weighted by Crippen LogP contribution is 2.30. The maximum Gasteiger partial charge on any atom is 0.270 e. The SMILES string of the molecule is CCN1C(=O)/C(=C\c2cn(Cc3ccccc3)c3ccccc23)C(=O)N(c2ccc(Cl)cc2)C1=S. The van der Waals surface area contributed by atoms with Crippen LogP contribution in [0.5, 0.6) is 0 Å². The largest absolute Gasteiger partial charge is 0.342 e. The molecule has 2 heterocycles. The van der Waals surface area contributed by atoms with Gasteiger partial charge in [0.05, 0.1) is 5.69 Å². The van der Waals surface area contributed by atoms with Gasteiger partial charge in [-0.2, -0.15) is 0 Å². The average molecular weight is 500 g/mol. The van der Waals surface area contributed by atoms with Crippen molar-refractivity contribution in [3.63, 3.8) is 0 Å². The minimum absolute atomic E-state index is 0.0676. The quantitative estimate of drug-likeness (QED) is 0.195. The lowest BCUT2D eigenvalue weighted by atomic mass is 10.1. The van der Waals surface area contributed by atoms with Crippen molar-refractivity contribution < 1.29 is 9.59 Å². The number of nitrogens with zero attached hydrogens (tertiary/aromatic N) is 3. The van der Waals surface area contributed by atoms with E-state index in [0.717, 1.165) is 22.0 Å². The van der Waals surface area contributed by atoms with E-state index in [1.54, 1.807) is 30.3 Å². The van der Waals surface area contributed by atoms with Gasteiger partial charge in [-0.3, -0.25) is 19.4 Å². The number of likely N-dealkylation sites (N-methyl/N-ethyl adjacent to an activating group) is 1. The number of carbonyl (C=O) groups is 2. The van der Waals surface area contributed by atoms with Gasteiger partial charge in [-0.15, -0.1) is 0 Å². The van der Waals surface area contributed by atoms with Gasteiger partial charge in [-0.25, -0.2) is 0 Å². The molecule has 0 N–H and O–H groups in total. The number of thiocarbonyl (C=S) groups is 1. The Morgan fingerprint density at radius 2 is 1.57 bits per heavy atom. The van der Waals surface area contributed by atoms with Crippen LogP contribution in [-0.2, 0) is 16.1 Å². The van der Waals surface area contributed by atoms with E-state index in [0.29, 0.717) is 23.8 Å². The molecule has 2 amide bonds. The van der Waals surface area contributed by atoms with Gasteiger partial charge < -0.3 is 4.57 Å². The third kappa shape index (κ3) is 4.27. The summed E-state index contributed by atoms with van der Waals surface area (Å²) in [5.41, 5.74) is 3.61. The van der Waals surface area contributed by atoms with Crippen LogP contribution in [0.1, 0.15) is 18.1 Å². The highest BCUT2D eigenvalue weighted by atomic mass is 35.5. The Morgan fingerprint density at radius 3 is 2.29 bits per heavy atom. The van der Waals surface area contributed by atoms with Crippen LogP contribution >= 0.6 is 23.8 Å². The van der Waals surface area contributed by atoms with Crippen molar-refractivity contribution >= 4 is 63.4 Å². The number of anilines is 1. The summed E-state index contributed by atoms with van der Waals surface area (Å²) in [7, 11) is 0. The lowest BCUT2D eigenvalue weighted by Crippen LogP contribution is -2.56. The molecule has 3 aromatic carbocycles. The summed E-state index contributed by atoms with van der Waals surface area (Å²) >= 11 is 11.6. The number of benzene rings is 3. The molecular formula is C28H22ClN3O2S. The first-order valence-electron chi connectivity index (χ1n) is 11.3. The van der Waals surface area contributed by atoms with Crippen LogP contribution in [0.25, 0.3) is 17.0 Å². The van der Waals surface area contributed by atoms with E-state index in [1.807, 2.05) is 55.6 Å². The highest BCUT2D eigenvalue weighted by molar-refractivity contribution is 7.80. The van der Waals surface area contributed by atoms with E-state index in [1.165, 1.54) is 9.80 Å². The number of rotatable bonds is 5. The second-order valence-corrected chi connectivity index (χ2v) is 9.02. The molecule has 1 aliphatic rings. The van der Waals surface area contributed by atoms with Gasteiger partial charge in [0.25, 0.3) is 11.8 Å². The lowest BCUT2D eigenvalue weighted by molar-refractivity contribution is -0.127. The van der Waals surface area contributed by atoms with Crippen molar-refractivity contribution in [3.05, 3.63) is 107 Å². The fourth-order valence-corrected chi connectivity index (χ4v) is 4.85. The third-order valence-corrected chi connectivity index (χ3v) is 6.70. The summed E-state index contributed by atoms with van der Waals surface area (Å²) < 4.78 is 2.13. The Morgan fingerprint density at radius 1 is 0.886 bits per heavy atom. The van der Waals surface area contributed by atoms with E-state index in [4.69, 9.17) is 23.8 Å². The Labute approximate surface area is 213 Å². The Hall–Kier alpha value is -3.74. The maximum absolute atomic E-state index is 13.6. The number of hydrogen-bond acceptors (Lipinski definition) is 3. The number of carbonyl (C=O) groups excluding carboxylic acids is 2. The standard InChI is InChI=1S/C28H22ClN3O2S/c1-2-31-26(33)24(27(34)32(28(31)35)22-14-12-21(29)13-15-22)16-20-18-30(17-19-8-4-3-5-9-19)25-11-7-6-10-23(20)25/h3-16,18H,2,17H2,1H3/b24-16+. The molecule has 5 nitrogen and oxygen atoms in total. The summed E-state index contributed by atoms with van der Waals surface area (Å²) in [6, 6.07) is 25.0. The first-order chi connectivity index (χ1) is 17.0. The van der Waals surface area contributed by atoms with Gasteiger partial charge >= 0.3 is 0 Å². The Kier molecular flexibility index (Phi) is 6.24. The van der Waals surface area contributed by atoms with Crippen LogP contribution in [0.4, 0.5) is 5.69 Å². The number of fused-ring (bicyclic) bond motifs is 1. The molecule has 0 unspecified atom stereocenters. The predicted molar refractivity (Wildman–Crippen MR) is 144 cm³/mol. The smallest absolute Gasteiger partial charge is 0.270 e. The van der Waals surface area contributed by atoms with E-state index in [9.17, 15) is 9.59 Å². The van der Waals surface area contributed by atoms with Crippen molar-refractivity contribution in [1.29, 1.82) is 0 Å². The van der Waals surface area contributed by atoms with Crippen LogP contribution in [0, 0.1) is 0 Å². The topological polar surface area (TPSA) is 45.6 Å². The Bertz CT molecular complexity index is 1480. The number of para-hydroxylation sites is 1. The number of aromatic nitrogens is 1. The number of amides is 2. The summed E-state index contributed by atoms with van der Waals surface area (Å²) in [6.07, 6.45) is 3.67. The summed E-state index contributed by atoms with van der Waals surface area (Å²) in [4.78, 5) is 29.8. The van der Waals surface area contributed by atoms with E-state index < -0.39 is 11.8 Å². The highest BCUT2D eigenvalue weighted by Gasteiger charge is 2.39. The molecule has 174 valence electrons. The van der Waals surface area contributed by atoms with Gasteiger partial charge in [0.15, 0.2) is 5.11 Å². The molecule has 5 rings (SSSR count). The molecule has 0 radical (unpaired) electrons. The molecule has 0 atom stereocenters. The van der Waals surface area contributed by atoms with Gasteiger partial charge in [-0.1, -0.05) is 60.1 Å². The van der Waals surface area contributed by atoms with Gasteiger partial charge in [0.2, 0.25) is 0 Å². The van der Waals surface area contributed by atoms with Crippen LogP contribution in [0.2, 0.25) is 5.02 Å². The second kappa shape index (κ2) is 9.49. The number of halogens is 1. The van der Waals surface area contributed by atoms with Gasteiger partial charge in [-0.05, 0) is 61.1 Å². The first-order valence-corrected chi connectivity index (χ1v) is 12.1. The summed E-state index contributed by atoms with van der Waals surface area (Å²) in [5.74, 6) is -0.848. The molecule has 4 aromatic rings. The van der Waals surface area contributed by atoms with Crippen molar-refractivity contribution in [2.24, 2.45) is 0 Å². The molecule has 1 aromatic heterocycles. The first kappa shape index (κ1) is 23.0. The molecule has 0 aliphatic carbocycles. The van der Waals surface area contributed by atoms with Gasteiger partial charge in [0, 0.05) is 40.8 Å². The molecule has 1 fully saturated rings. The maximum atomic E-state index is 13.6. The van der Waals surface area contributed by atoms with Crippen LogP contribution < -0.4 is 4.90 Å². The van der Waals surface area contributed by atoms with Crippen LogP contribution in [0.3, 0.4) is 0 Å². The minimum atomic E-state index is -0.452. The van der Waals surface area contributed by atoms with E-state index in [2.05, 4.69) is 16.7 Å². The molecule has 7 heteroatoms. The zero-order valence-corrected chi connectivity index (χ0v) is 20.6.